The number of carbonyl (C=O) groups is 1. The van der Waals surface area contributed by atoms with Gasteiger partial charge >= 0.3 is 5.97 Å². The predicted molar refractivity (Wildman–Crippen MR) is 150 cm³/mol. The van der Waals surface area contributed by atoms with Crippen LogP contribution >= 0.6 is 50.5 Å². The van der Waals surface area contributed by atoms with E-state index < -0.39 is 17.6 Å². The highest BCUT2D eigenvalue weighted by atomic mass is 79.9. The zero-order valence-corrected chi connectivity index (χ0v) is 24.7. The largest absolute Gasteiger partial charge is 0.506 e. The first kappa shape index (κ1) is 28.2. The summed E-state index contributed by atoms with van der Waals surface area (Å²) in [6.07, 6.45) is 1.49. The molecule has 200 valence electrons. The third kappa shape index (κ3) is 5.22. The van der Waals surface area contributed by atoms with E-state index in [1.807, 2.05) is 6.92 Å². The van der Waals surface area contributed by atoms with E-state index in [-0.39, 0.29) is 33.0 Å². The Morgan fingerprint density at radius 1 is 1.21 bits per heavy atom. The maximum atomic E-state index is 13.8. The quantitative estimate of drug-likeness (QED) is 0.366. The van der Waals surface area contributed by atoms with Gasteiger partial charge in [-0.2, -0.15) is 0 Å². The molecule has 1 aromatic heterocycles. The molecule has 3 aromatic rings. The average Bonchev–Trinajstić information content (AvgIpc) is 3.16. The first-order valence-corrected chi connectivity index (χ1v) is 13.9. The number of hydrogen-bond donors (Lipinski definition) is 1. The number of hydrogen-bond acceptors (Lipinski definition) is 8. The van der Waals surface area contributed by atoms with Crippen molar-refractivity contribution >= 4 is 62.5 Å². The summed E-state index contributed by atoms with van der Waals surface area (Å²) in [5.41, 5.74) is 1.04. The van der Waals surface area contributed by atoms with Gasteiger partial charge in [0.2, 0.25) is 0 Å². The molecular weight excluding hydrogens is 619 g/mol. The molecule has 8 nitrogen and oxygen atoms in total. The summed E-state index contributed by atoms with van der Waals surface area (Å²) in [5, 5.41) is 10.8. The monoisotopic (exact) mass is 640 g/mol. The van der Waals surface area contributed by atoms with Crippen LogP contribution in [0.2, 0.25) is 10.0 Å². The minimum Gasteiger partial charge on any atom is -0.506 e. The lowest BCUT2D eigenvalue weighted by atomic mass is 9.95. The Kier molecular flexibility index (Phi) is 8.56. The lowest BCUT2D eigenvalue weighted by molar-refractivity contribution is -0.139. The molecule has 2 heterocycles. The van der Waals surface area contributed by atoms with E-state index in [0.29, 0.717) is 43.7 Å². The van der Waals surface area contributed by atoms with Crippen LogP contribution in [0.4, 0.5) is 0 Å². The van der Waals surface area contributed by atoms with E-state index in [1.54, 1.807) is 26.0 Å². The van der Waals surface area contributed by atoms with E-state index in [9.17, 15) is 14.7 Å². The number of thiazole rings is 1. The number of nitrogens with zero attached hydrogens (tertiary/aromatic N) is 2. The molecule has 0 saturated carbocycles. The van der Waals surface area contributed by atoms with E-state index >= 15 is 0 Å². The molecule has 2 aromatic carbocycles. The van der Waals surface area contributed by atoms with E-state index in [2.05, 4.69) is 20.9 Å². The molecule has 0 aliphatic carbocycles. The van der Waals surface area contributed by atoms with Gasteiger partial charge in [0.25, 0.3) is 5.56 Å². The van der Waals surface area contributed by atoms with Gasteiger partial charge in [0, 0.05) is 15.1 Å². The number of carbonyl (C=O) groups excluding carboxylic acids is 1. The number of methoxy groups -OCH3 is 1. The lowest BCUT2D eigenvalue weighted by Crippen LogP contribution is -2.40. The Labute approximate surface area is 240 Å². The van der Waals surface area contributed by atoms with Crippen LogP contribution in [-0.2, 0) is 9.53 Å². The fraction of sp³-hybridized carbons (Fsp3) is 0.269. The summed E-state index contributed by atoms with van der Waals surface area (Å²) in [5.74, 6) is 0.140. The first-order chi connectivity index (χ1) is 18.1. The normalized spacial score (nSPS) is 15.2. The highest BCUT2D eigenvalue weighted by molar-refractivity contribution is 9.10. The highest BCUT2D eigenvalue weighted by Crippen LogP contribution is 2.41. The molecule has 1 aliphatic rings. The Balaban J connectivity index is 2.02. The molecule has 0 fully saturated rings. The van der Waals surface area contributed by atoms with Crippen molar-refractivity contribution < 1.29 is 24.1 Å². The Morgan fingerprint density at radius 3 is 2.61 bits per heavy atom. The molecule has 0 unspecified atom stereocenters. The maximum Gasteiger partial charge on any atom is 0.338 e. The predicted octanol–water partition coefficient (Wildman–Crippen LogP) is 4.98. The second-order valence-electron chi connectivity index (χ2n) is 8.09. The molecule has 4 rings (SSSR count). The minimum atomic E-state index is -0.886. The standard InChI is InChI=1S/C26H23BrCl2N2O6S/c1-5-36-19-11-16(27)15(10-18(19)35-4)22-21(25(34)37-6-2)12(3)30-26-31(22)24(33)20(38-26)8-13-7-14(28)9-17(29)23(13)32/h7-11,22,32H,5-6H2,1-4H3/b20-8+/t22-/m0/s1. The van der Waals surface area contributed by atoms with Gasteiger partial charge in [-0.1, -0.05) is 50.5 Å². The van der Waals surface area contributed by atoms with Gasteiger partial charge in [-0.05, 0) is 56.7 Å². The molecule has 12 heteroatoms. The Morgan fingerprint density at radius 2 is 1.95 bits per heavy atom. The van der Waals surface area contributed by atoms with Crippen molar-refractivity contribution in [2.45, 2.75) is 26.8 Å². The van der Waals surface area contributed by atoms with E-state index in [4.69, 9.17) is 37.4 Å². The third-order valence-electron chi connectivity index (χ3n) is 5.74. The molecule has 0 bridgehead atoms. The van der Waals surface area contributed by atoms with Gasteiger partial charge in [0.15, 0.2) is 16.3 Å². The average molecular weight is 642 g/mol. The van der Waals surface area contributed by atoms with E-state index in [1.165, 1.54) is 29.9 Å². The number of esters is 1. The summed E-state index contributed by atoms with van der Waals surface area (Å²) in [4.78, 5) is 31.9. The zero-order valence-electron chi connectivity index (χ0n) is 20.8. The van der Waals surface area contributed by atoms with Crippen molar-refractivity contribution in [1.82, 2.24) is 4.57 Å². The molecule has 38 heavy (non-hydrogen) atoms. The molecule has 0 saturated heterocycles. The number of allylic oxidation sites excluding steroid dienone is 1. The Hall–Kier alpha value is -2.79. The van der Waals surface area contributed by atoms with Crippen molar-refractivity contribution in [3.05, 3.63) is 80.9 Å². The molecule has 0 radical (unpaired) electrons. The maximum absolute atomic E-state index is 13.8. The lowest BCUT2D eigenvalue weighted by Gasteiger charge is -2.26. The third-order valence-corrected chi connectivity index (χ3v) is 7.91. The zero-order chi connectivity index (χ0) is 27.7. The summed E-state index contributed by atoms with van der Waals surface area (Å²) < 4.78 is 18.9. The summed E-state index contributed by atoms with van der Waals surface area (Å²) in [6, 6.07) is 5.47. The summed E-state index contributed by atoms with van der Waals surface area (Å²) in [6.45, 7) is 5.82. The number of aromatic nitrogens is 1. The van der Waals surface area contributed by atoms with Crippen molar-refractivity contribution in [3.63, 3.8) is 0 Å². The number of fused-ring (bicyclic) bond motifs is 1. The fourth-order valence-electron chi connectivity index (χ4n) is 4.11. The molecule has 1 aliphatic heterocycles. The minimum absolute atomic E-state index is 0.0558. The topological polar surface area (TPSA) is 99.4 Å². The van der Waals surface area contributed by atoms with Crippen LogP contribution in [0.15, 0.2) is 49.8 Å². The molecule has 1 atom stereocenters. The van der Waals surface area contributed by atoms with Crippen LogP contribution in [-0.4, -0.2) is 36.0 Å². The van der Waals surface area contributed by atoms with Crippen LogP contribution in [0.1, 0.15) is 37.9 Å². The van der Waals surface area contributed by atoms with Crippen LogP contribution in [0.25, 0.3) is 6.08 Å². The summed E-state index contributed by atoms with van der Waals surface area (Å²) in [7, 11) is 1.51. The van der Waals surface area contributed by atoms with Crippen LogP contribution in [0.5, 0.6) is 17.2 Å². The van der Waals surface area contributed by atoms with Crippen molar-refractivity contribution in [1.29, 1.82) is 0 Å². The number of halogens is 3. The summed E-state index contributed by atoms with van der Waals surface area (Å²) >= 11 is 16.9. The first-order valence-electron chi connectivity index (χ1n) is 11.5. The number of aromatic hydroxyl groups is 1. The number of benzene rings is 2. The molecule has 0 amide bonds. The van der Waals surface area contributed by atoms with Crippen LogP contribution < -0.4 is 24.4 Å². The molecule has 1 N–H and O–H groups in total. The fourth-order valence-corrected chi connectivity index (χ4v) is 6.20. The SMILES string of the molecule is CCOC(=O)C1=C(C)N=c2s/c(=C/c3cc(Cl)cc(Cl)c3O)c(=O)n2[C@H]1c1cc(OC)c(OCC)cc1Br. The van der Waals surface area contributed by atoms with Gasteiger partial charge in [0.1, 0.15) is 5.75 Å². The van der Waals surface area contributed by atoms with E-state index in [0.717, 1.165) is 11.3 Å². The van der Waals surface area contributed by atoms with Gasteiger partial charge < -0.3 is 19.3 Å². The van der Waals surface area contributed by atoms with Gasteiger partial charge in [-0.3, -0.25) is 9.36 Å². The van der Waals surface area contributed by atoms with Crippen molar-refractivity contribution in [3.8, 4) is 17.2 Å². The van der Waals surface area contributed by atoms with Crippen molar-refractivity contribution in [2.75, 3.05) is 20.3 Å². The van der Waals surface area contributed by atoms with Crippen LogP contribution in [0, 0.1) is 0 Å². The molecular formula is C26H23BrCl2N2O6S. The van der Waals surface area contributed by atoms with Crippen LogP contribution in [0.3, 0.4) is 0 Å². The number of ether oxygens (including phenoxy) is 3. The number of rotatable bonds is 7. The second kappa shape index (κ2) is 11.5. The Bertz CT molecular complexity index is 1650. The van der Waals surface area contributed by atoms with Gasteiger partial charge in [-0.15, -0.1) is 0 Å². The van der Waals surface area contributed by atoms with Gasteiger partial charge in [-0.25, -0.2) is 9.79 Å². The number of phenols is 1. The second-order valence-corrected chi connectivity index (χ2v) is 10.8. The molecule has 0 spiro atoms. The number of phenolic OH excluding ortho intramolecular Hbond substituents is 1. The van der Waals surface area contributed by atoms with Crippen molar-refractivity contribution in [2.24, 2.45) is 4.99 Å². The van der Waals surface area contributed by atoms with Gasteiger partial charge in [0.05, 0.1) is 47.2 Å². The highest BCUT2D eigenvalue weighted by Gasteiger charge is 2.35. The smallest absolute Gasteiger partial charge is 0.338 e.